The maximum atomic E-state index is 6.19. The van der Waals surface area contributed by atoms with Gasteiger partial charge in [-0.1, -0.05) is 19.3 Å². The molecule has 3 N–H and O–H groups in total. The molecule has 0 saturated heterocycles. The van der Waals surface area contributed by atoms with E-state index < -0.39 is 0 Å². The minimum atomic E-state index is 0.400. The number of nitrogens with two attached hydrogens (primary N) is 1. The van der Waals surface area contributed by atoms with Gasteiger partial charge >= 0.3 is 0 Å². The maximum absolute atomic E-state index is 6.19. The number of nitrogens with zero attached hydrogens (tertiary/aromatic N) is 1. The molecule has 1 aromatic rings. The molecule has 90 valence electrons. The second kappa shape index (κ2) is 6.33. The van der Waals surface area contributed by atoms with Gasteiger partial charge < -0.3 is 11.1 Å². The van der Waals surface area contributed by atoms with E-state index in [0.29, 0.717) is 12.0 Å². The van der Waals surface area contributed by atoms with Crippen molar-refractivity contribution in [3.05, 3.63) is 16.6 Å². The molecule has 1 aromatic heterocycles. The predicted octanol–water partition coefficient (Wildman–Crippen LogP) is 2.14. The molecule has 1 aliphatic rings. The van der Waals surface area contributed by atoms with E-state index in [-0.39, 0.29) is 0 Å². The summed E-state index contributed by atoms with van der Waals surface area (Å²) in [7, 11) is 0. The molecule has 4 heteroatoms. The fourth-order valence-electron chi connectivity index (χ4n) is 2.38. The summed E-state index contributed by atoms with van der Waals surface area (Å²) in [4.78, 5) is 5.38. The standard InChI is InChI=1S/C12H21N3S/c13-12-5-3-1-2-4-10(12)6-14-7-11-8-15-9-16-11/h8-10,12,14H,1-7,13H2. The second-order valence-electron chi connectivity index (χ2n) is 4.66. The Kier molecular flexibility index (Phi) is 4.75. The van der Waals surface area contributed by atoms with E-state index in [1.165, 1.54) is 37.0 Å². The number of nitrogens with one attached hydrogen (secondary N) is 1. The fraction of sp³-hybridized carbons (Fsp3) is 0.750. The van der Waals surface area contributed by atoms with Gasteiger partial charge in [-0.25, -0.2) is 0 Å². The zero-order chi connectivity index (χ0) is 11.2. The van der Waals surface area contributed by atoms with E-state index in [4.69, 9.17) is 5.73 Å². The Morgan fingerprint density at radius 1 is 1.38 bits per heavy atom. The van der Waals surface area contributed by atoms with Crippen molar-refractivity contribution >= 4 is 11.3 Å². The third-order valence-electron chi connectivity index (χ3n) is 3.41. The maximum Gasteiger partial charge on any atom is 0.0794 e. The van der Waals surface area contributed by atoms with Gasteiger partial charge in [0.1, 0.15) is 0 Å². The summed E-state index contributed by atoms with van der Waals surface area (Å²) in [5.74, 6) is 0.662. The van der Waals surface area contributed by atoms with Gasteiger partial charge in [-0.05, 0) is 25.3 Å². The molecular weight excluding hydrogens is 218 g/mol. The van der Waals surface area contributed by atoms with E-state index in [1.54, 1.807) is 11.3 Å². The summed E-state index contributed by atoms with van der Waals surface area (Å²) < 4.78 is 0. The predicted molar refractivity (Wildman–Crippen MR) is 68.4 cm³/mol. The van der Waals surface area contributed by atoms with Gasteiger partial charge in [0, 0.05) is 23.7 Å². The molecule has 0 radical (unpaired) electrons. The molecule has 2 atom stereocenters. The molecule has 0 aromatic carbocycles. The Balaban J connectivity index is 1.71. The Bertz CT molecular complexity index is 286. The third kappa shape index (κ3) is 3.54. The van der Waals surface area contributed by atoms with Crippen LogP contribution in [0, 0.1) is 5.92 Å². The lowest BCUT2D eigenvalue weighted by atomic mass is 9.95. The van der Waals surface area contributed by atoms with Crippen LogP contribution in [0.1, 0.15) is 37.0 Å². The van der Waals surface area contributed by atoms with Gasteiger partial charge in [0.15, 0.2) is 0 Å². The SMILES string of the molecule is NC1CCCCCC1CNCc1cncs1. The van der Waals surface area contributed by atoms with Crippen LogP contribution in [0.4, 0.5) is 0 Å². The first-order chi connectivity index (χ1) is 7.86. The lowest BCUT2D eigenvalue weighted by Crippen LogP contribution is -2.36. The molecule has 0 amide bonds. The highest BCUT2D eigenvalue weighted by atomic mass is 32.1. The van der Waals surface area contributed by atoms with E-state index >= 15 is 0 Å². The largest absolute Gasteiger partial charge is 0.327 e. The van der Waals surface area contributed by atoms with Crippen molar-refractivity contribution < 1.29 is 0 Å². The number of rotatable bonds is 4. The van der Waals surface area contributed by atoms with Crippen molar-refractivity contribution in [2.24, 2.45) is 11.7 Å². The Morgan fingerprint density at radius 2 is 2.25 bits per heavy atom. The zero-order valence-corrected chi connectivity index (χ0v) is 10.5. The second-order valence-corrected chi connectivity index (χ2v) is 5.63. The molecule has 3 nitrogen and oxygen atoms in total. The van der Waals surface area contributed by atoms with Crippen molar-refractivity contribution in [3.63, 3.8) is 0 Å². The highest BCUT2D eigenvalue weighted by Crippen LogP contribution is 2.21. The molecule has 0 bridgehead atoms. The lowest BCUT2D eigenvalue weighted by Gasteiger charge is -2.21. The number of thiazole rings is 1. The van der Waals surface area contributed by atoms with Gasteiger partial charge in [0.25, 0.3) is 0 Å². The van der Waals surface area contributed by atoms with Crippen LogP contribution in [0.15, 0.2) is 11.7 Å². The first-order valence-corrected chi connectivity index (χ1v) is 7.08. The molecule has 1 fully saturated rings. The average molecular weight is 239 g/mol. The Labute approximate surface area is 101 Å². The van der Waals surface area contributed by atoms with E-state index in [1.807, 2.05) is 11.7 Å². The summed E-state index contributed by atoms with van der Waals surface area (Å²) >= 11 is 1.71. The van der Waals surface area contributed by atoms with Gasteiger partial charge in [-0.2, -0.15) is 0 Å². The number of hydrogen-bond donors (Lipinski definition) is 2. The zero-order valence-electron chi connectivity index (χ0n) is 9.69. The highest BCUT2D eigenvalue weighted by molar-refractivity contribution is 7.09. The van der Waals surface area contributed by atoms with Crippen LogP contribution in [0.2, 0.25) is 0 Å². The molecule has 1 saturated carbocycles. The Morgan fingerprint density at radius 3 is 3.06 bits per heavy atom. The smallest absolute Gasteiger partial charge is 0.0794 e. The minimum Gasteiger partial charge on any atom is -0.327 e. The van der Waals surface area contributed by atoms with Crippen molar-refractivity contribution in [2.75, 3.05) is 6.54 Å². The topological polar surface area (TPSA) is 50.9 Å². The highest BCUT2D eigenvalue weighted by Gasteiger charge is 2.19. The van der Waals surface area contributed by atoms with Crippen LogP contribution in [-0.2, 0) is 6.54 Å². The third-order valence-corrected chi connectivity index (χ3v) is 4.19. The van der Waals surface area contributed by atoms with Crippen LogP contribution in [-0.4, -0.2) is 17.6 Å². The Hall–Kier alpha value is -0.450. The quantitative estimate of drug-likeness (QED) is 0.792. The van der Waals surface area contributed by atoms with Crippen LogP contribution in [0.5, 0.6) is 0 Å². The van der Waals surface area contributed by atoms with Gasteiger partial charge in [-0.3, -0.25) is 4.98 Å². The number of hydrogen-bond acceptors (Lipinski definition) is 4. The summed E-state index contributed by atoms with van der Waals surface area (Å²) in [6.07, 6.45) is 8.45. The van der Waals surface area contributed by atoms with Crippen molar-refractivity contribution in [1.82, 2.24) is 10.3 Å². The van der Waals surface area contributed by atoms with Crippen molar-refractivity contribution in [1.29, 1.82) is 0 Å². The summed E-state index contributed by atoms with van der Waals surface area (Å²) in [5.41, 5.74) is 8.07. The molecule has 0 aliphatic heterocycles. The monoisotopic (exact) mass is 239 g/mol. The summed E-state index contributed by atoms with van der Waals surface area (Å²) in [6.45, 7) is 1.99. The van der Waals surface area contributed by atoms with E-state index in [9.17, 15) is 0 Å². The molecule has 0 spiro atoms. The van der Waals surface area contributed by atoms with Crippen LogP contribution < -0.4 is 11.1 Å². The van der Waals surface area contributed by atoms with Gasteiger partial charge in [-0.15, -0.1) is 11.3 Å². The van der Waals surface area contributed by atoms with Crippen LogP contribution in [0.3, 0.4) is 0 Å². The molecular formula is C12H21N3S. The van der Waals surface area contributed by atoms with Crippen molar-refractivity contribution in [2.45, 2.75) is 44.7 Å². The molecule has 2 unspecified atom stereocenters. The molecule has 16 heavy (non-hydrogen) atoms. The molecule has 1 heterocycles. The average Bonchev–Trinajstić information content (AvgIpc) is 2.71. The molecule has 1 aliphatic carbocycles. The molecule has 2 rings (SSSR count). The van der Waals surface area contributed by atoms with Crippen LogP contribution >= 0.6 is 11.3 Å². The normalized spacial score (nSPS) is 26.6. The first-order valence-electron chi connectivity index (χ1n) is 6.20. The van der Waals surface area contributed by atoms with Gasteiger partial charge in [0.2, 0.25) is 0 Å². The number of aromatic nitrogens is 1. The van der Waals surface area contributed by atoms with Crippen LogP contribution in [0.25, 0.3) is 0 Å². The van der Waals surface area contributed by atoms with Crippen molar-refractivity contribution in [3.8, 4) is 0 Å². The van der Waals surface area contributed by atoms with Gasteiger partial charge in [0.05, 0.1) is 5.51 Å². The van der Waals surface area contributed by atoms with E-state index in [2.05, 4.69) is 10.3 Å². The lowest BCUT2D eigenvalue weighted by molar-refractivity contribution is 0.374. The summed E-state index contributed by atoms with van der Waals surface area (Å²) in [6, 6.07) is 0.400. The fourth-order valence-corrected chi connectivity index (χ4v) is 2.94. The summed E-state index contributed by atoms with van der Waals surface area (Å²) in [5, 5.41) is 3.51. The van der Waals surface area contributed by atoms with E-state index in [0.717, 1.165) is 13.1 Å². The minimum absolute atomic E-state index is 0.400. The first kappa shape index (κ1) is 12.0.